The third-order valence-electron chi connectivity index (χ3n) is 5.45. The molecule has 2 aromatic carbocycles. The van der Waals surface area contributed by atoms with Crippen LogP contribution in [0.25, 0.3) is 16.8 Å². The van der Waals surface area contributed by atoms with Crippen LogP contribution in [-0.2, 0) is 21.4 Å². The van der Waals surface area contributed by atoms with Crippen LogP contribution in [0.1, 0.15) is 30.8 Å². The smallest absolute Gasteiger partial charge is 0.318 e. The lowest BCUT2D eigenvalue weighted by molar-refractivity contribution is -0.149. The third-order valence-corrected chi connectivity index (χ3v) is 5.70. The van der Waals surface area contributed by atoms with E-state index in [1.54, 1.807) is 10.7 Å². The van der Waals surface area contributed by atoms with Crippen molar-refractivity contribution in [3.8, 4) is 11.1 Å². The average molecular weight is 434 g/mol. The third kappa shape index (κ3) is 4.06. The molecule has 0 aliphatic heterocycles. The maximum Gasteiger partial charge on any atom is 0.318 e. The van der Waals surface area contributed by atoms with E-state index < -0.39 is 5.41 Å². The predicted molar refractivity (Wildman–Crippen MR) is 122 cm³/mol. The highest BCUT2D eigenvalue weighted by Crippen LogP contribution is 2.33. The number of carbonyl (C=O) groups is 1. The lowest BCUT2D eigenvalue weighted by atomic mass is 9.80. The zero-order valence-electron chi connectivity index (χ0n) is 17.8. The number of benzene rings is 2. The minimum Gasteiger partial charge on any atom is -0.465 e. The summed E-state index contributed by atoms with van der Waals surface area (Å²) in [5.74, 6) is -0.283. The van der Waals surface area contributed by atoms with Crippen LogP contribution in [0, 0.1) is 6.92 Å². The number of fused-ring (bicyclic) bond motifs is 1. The Balaban J connectivity index is 1.90. The summed E-state index contributed by atoms with van der Waals surface area (Å²) in [4.78, 5) is 18.0. The summed E-state index contributed by atoms with van der Waals surface area (Å²) in [6.07, 6.45) is 2.27. The lowest BCUT2D eigenvalue weighted by Gasteiger charge is -2.28. The molecule has 2 aromatic heterocycles. The second-order valence-corrected chi connectivity index (χ2v) is 8.23. The highest BCUT2D eigenvalue weighted by molar-refractivity contribution is 6.30. The number of carbonyl (C=O) groups excluding carboxylic acids is 1. The second kappa shape index (κ2) is 8.52. The van der Waals surface area contributed by atoms with Gasteiger partial charge in [0.15, 0.2) is 5.65 Å². The van der Waals surface area contributed by atoms with Crippen molar-refractivity contribution in [2.75, 3.05) is 6.61 Å². The minimum absolute atomic E-state index is 0.283. The van der Waals surface area contributed by atoms with Crippen LogP contribution in [0.2, 0.25) is 5.02 Å². The van der Waals surface area contributed by atoms with Crippen molar-refractivity contribution < 1.29 is 9.53 Å². The first-order valence-electron chi connectivity index (χ1n) is 10.3. The van der Waals surface area contributed by atoms with E-state index in [0.29, 0.717) is 23.7 Å². The summed E-state index contributed by atoms with van der Waals surface area (Å²) in [5.41, 5.74) is 4.20. The molecule has 0 radical (unpaired) electrons. The van der Waals surface area contributed by atoms with Crippen molar-refractivity contribution in [1.82, 2.24) is 14.6 Å². The van der Waals surface area contributed by atoms with Gasteiger partial charge in [0.05, 0.1) is 18.5 Å². The second-order valence-electron chi connectivity index (χ2n) is 7.80. The van der Waals surface area contributed by atoms with Gasteiger partial charge in [-0.1, -0.05) is 54.1 Å². The number of hydrogen-bond donors (Lipinski definition) is 0. The number of rotatable bonds is 6. The quantitative estimate of drug-likeness (QED) is 0.381. The first-order chi connectivity index (χ1) is 14.9. The maximum absolute atomic E-state index is 13.2. The molecule has 5 nitrogen and oxygen atoms in total. The Bertz CT molecular complexity index is 1220. The molecule has 158 valence electrons. The Morgan fingerprint density at radius 2 is 1.84 bits per heavy atom. The molecule has 0 saturated carbocycles. The van der Waals surface area contributed by atoms with Crippen LogP contribution >= 0.6 is 11.6 Å². The number of halogens is 1. The predicted octanol–water partition coefficient (Wildman–Crippen LogP) is 5.42. The van der Waals surface area contributed by atoms with Gasteiger partial charge in [-0.05, 0) is 56.5 Å². The first kappa shape index (κ1) is 21.1. The van der Waals surface area contributed by atoms with Gasteiger partial charge >= 0.3 is 5.97 Å². The molecule has 1 atom stereocenters. The van der Waals surface area contributed by atoms with Crippen molar-refractivity contribution in [1.29, 1.82) is 0 Å². The molecular weight excluding hydrogens is 410 g/mol. The zero-order chi connectivity index (χ0) is 22.0. The summed E-state index contributed by atoms with van der Waals surface area (Å²) < 4.78 is 7.27. The standard InChI is InChI=1S/C25H24ClN3O2/c1-4-31-24(30)25(3,15-18-8-6-5-7-9-18)22-14-17(2)28-23-21(16-27-29(22)23)19-10-12-20(26)13-11-19/h5-14,16H,4,15H2,1-3H3/t25-/m1/s1. The van der Waals surface area contributed by atoms with E-state index in [-0.39, 0.29) is 5.97 Å². The van der Waals surface area contributed by atoms with Gasteiger partial charge in [-0.2, -0.15) is 5.10 Å². The molecule has 0 bridgehead atoms. The van der Waals surface area contributed by atoms with Crippen LogP contribution in [0.4, 0.5) is 0 Å². The van der Waals surface area contributed by atoms with E-state index >= 15 is 0 Å². The summed E-state index contributed by atoms with van der Waals surface area (Å²) in [6, 6.07) is 19.4. The molecule has 0 N–H and O–H groups in total. The van der Waals surface area contributed by atoms with Crippen molar-refractivity contribution >= 4 is 23.2 Å². The minimum atomic E-state index is -0.938. The summed E-state index contributed by atoms with van der Waals surface area (Å²) in [7, 11) is 0. The van der Waals surface area contributed by atoms with Gasteiger partial charge in [0, 0.05) is 16.3 Å². The van der Waals surface area contributed by atoms with Crippen LogP contribution in [0.15, 0.2) is 66.9 Å². The average Bonchev–Trinajstić information content (AvgIpc) is 3.18. The Hall–Kier alpha value is -3.18. The van der Waals surface area contributed by atoms with E-state index in [4.69, 9.17) is 21.3 Å². The monoisotopic (exact) mass is 433 g/mol. The number of ether oxygens (including phenoxy) is 1. The van der Waals surface area contributed by atoms with E-state index in [2.05, 4.69) is 5.10 Å². The molecule has 0 aliphatic rings. The summed E-state index contributed by atoms with van der Waals surface area (Å²) >= 11 is 6.06. The number of esters is 1. The van der Waals surface area contributed by atoms with Crippen molar-refractivity contribution in [3.05, 3.63) is 88.8 Å². The molecule has 31 heavy (non-hydrogen) atoms. The first-order valence-corrected chi connectivity index (χ1v) is 10.6. The lowest BCUT2D eigenvalue weighted by Crippen LogP contribution is -2.39. The van der Waals surface area contributed by atoms with Crippen LogP contribution in [0.5, 0.6) is 0 Å². The van der Waals surface area contributed by atoms with Gasteiger partial charge in [0.1, 0.15) is 5.41 Å². The Labute approximate surface area is 186 Å². The molecule has 0 fully saturated rings. The molecule has 4 rings (SSSR count). The van der Waals surface area contributed by atoms with Crippen LogP contribution < -0.4 is 0 Å². The number of hydrogen-bond acceptors (Lipinski definition) is 4. The highest BCUT2D eigenvalue weighted by Gasteiger charge is 2.40. The molecule has 0 unspecified atom stereocenters. The SMILES string of the molecule is CCOC(=O)[C@](C)(Cc1ccccc1)c1cc(C)nc2c(-c3ccc(Cl)cc3)cnn12. The Morgan fingerprint density at radius 1 is 1.13 bits per heavy atom. The van der Waals surface area contributed by atoms with Gasteiger partial charge in [-0.25, -0.2) is 9.50 Å². The molecule has 6 heteroatoms. The van der Waals surface area contributed by atoms with Crippen molar-refractivity contribution in [2.45, 2.75) is 32.6 Å². The van der Waals surface area contributed by atoms with E-state index in [9.17, 15) is 4.79 Å². The summed E-state index contributed by atoms with van der Waals surface area (Å²) in [5, 5.41) is 5.29. The fraction of sp³-hybridized carbons (Fsp3) is 0.240. The molecule has 4 aromatic rings. The number of nitrogens with zero attached hydrogens (tertiary/aromatic N) is 3. The van der Waals surface area contributed by atoms with E-state index in [1.165, 1.54) is 0 Å². The normalized spacial score (nSPS) is 13.2. The van der Waals surface area contributed by atoms with Gasteiger partial charge in [-0.15, -0.1) is 0 Å². The van der Waals surface area contributed by atoms with Crippen molar-refractivity contribution in [2.24, 2.45) is 0 Å². The summed E-state index contributed by atoms with van der Waals surface area (Å²) in [6.45, 7) is 5.97. The van der Waals surface area contributed by atoms with Crippen molar-refractivity contribution in [3.63, 3.8) is 0 Å². The van der Waals surface area contributed by atoms with Crippen LogP contribution in [0.3, 0.4) is 0 Å². The van der Waals surface area contributed by atoms with Gasteiger partial charge in [-0.3, -0.25) is 4.79 Å². The molecule has 2 heterocycles. The largest absolute Gasteiger partial charge is 0.465 e. The van der Waals surface area contributed by atoms with E-state index in [1.807, 2.05) is 81.4 Å². The highest BCUT2D eigenvalue weighted by atomic mass is 35.5. The Kier molecular flexibility index (Phi) is 5.79. The van der Waals surface area contributed by atoms with Gasteiger partial charge in [0.25, 0.3) is 0 Å². The molecular formula is C25H24ClN3O2. The zero-order valence-corrected chi connectivity index (χ0v) is 18.6. The van der Waals surface area contributed by atoms with Crippen LogP contribution in [-0.4, -0.2) is 27.2 Å². The fourth-order valence-electron chi connectivity index (χ4n) is 3.87. The maximum atomic E-state index is 13.2. The molecule has 0 aliphatic carbocycles. The van der Waals surface area contributed by atoms with Gasteiger partial charge < -0.3 is 4.74 Å². The molecule has 0 amide bonds. The Morgan fingerprint density at radius 3 is 2.52 bits per heavy atom. The number of aromatic nitrogens is 3. The van der Waals surface area contributed by atoms with Gasteiger partial charge in [0.2, 0.25) is 0 Å². The molecule has 0 spiro atoms. The van der Waals surface area contributed by atoms with E-state index in [0.717, 1.165) is 28.1 Å². The number of aryl methyl sites for hydroxylation is 1. The topological polar surface area (TPSA) is 56.5 Å². The fourth-order valence-corrected chi connectivity index (χ4v) is 4.00. The molecule has 0 saturated heterocycles.